The molecule has 32 heavy (non-hydrogen) atoms. The standard InChI is InChI=1S/C21H22Cl2N4O4S/c1-4-30-16-8-6-15(7-9-16)27-13(3)24-25-21(27)32-19(12-26(28)29)14-10-17(22)20(31-5-2)18(23)11-14/h6-11,19H,4-5,12H2,1-3H3/t19-/m0/s1. The van der Waals surface area contributed by atoms with Gasteiger partial charge in [0.25, 0.3) is 0 Å². The predicted octanol–water partition coefficient (Wildman–Crippen LogP) is 5.79. The number of hydrogen-bond acceptors (Lipinski definition) is 7. The third kappa shape index (κ3) is 5.65. The van der Waals surface area contributed by atoms with E-state index in [0.717, 1.165) is 11.4 Å². The molecule has 0 amide bonds. The smallest absolute Gasteiger partial charge is 0.220 e. The summed E-state index contributed by atoms with van der Waals surface area (Å²) < 4.78 is 12.8. The van der Waals surface area contributed by atoms with Gasteiger partial charge in [-0.3, -0.25) is 14.7 Å². The molecule has 0 aliphatic rings. The first-order valence-corrected chi connectivity index (χ1v) is 11.5. The molecule has 3 aromatic rings. The second kappa shape index (κ2) is 10.9. The van der Waals surface area contributed by atoms with Crippen LogP contribution >= 0.6 is 35.0 Å². The first kappa shape index (κ1) is 24.2. The summed E-state index contributed by atoms with van der Waals surface area (Å²) in [6.07, 6.45) is 0. The van der Waals surface area contributed by atoms with Crippen molar-refractivity contribution in [2.75, 3.05) is 19.8 Å². The lowest BCUT2D eigenvalue weighted by molar-refractivity contribution is -0.479. The van der Waals surface area contributed by atoms with E-state index in [9.17, 15) is 10.1 Å². The van der Waals surface area contributed by atoms with Crippen molar-refractivity contribution < 1.29 is 14.4 Å². The van der Waals surface area contributed by atoms with E-state index in [1.165, 1.54) is 11.8 Å². The summed E-state index contributed by atoms with van der Waals surface area (Å²) in [7, 11) is 0. The Balaban J connectivity index is 1.96. The Labute approximate surface area is 200 Å². The topological polar surface area (TPSA) is 92.3 Å². The van der Waals surface area contributed by atoms with Gasteiger partial charge in [0.05, 0.1) is 23.3 Å². The van der Waals surface area contributed by atoms with Crippen molar-refractivity contribution in [1.82, 2.24) is 14.8 Å². The molecule has 1 atom stereocenters. The van der Waals surface area contributed by atoms with Crippen LogP contribution in [-0.2, 0) is 0 Å². The first-order valence-electron chi connectivity index (χ1n) is 9.89. The number of thioether (sulfide) groups is 1. The lowest BCUT2D eigenvalue weighted by atomic mass is 10.1. The molecule has 0 spiro atoms. The number of nitro groups is 1. The Morgan fingerprint density at radius 1 is 1.09 bits per heavy atom. The van der Waals surface area contributed by atoms with Gasteiger partial charge >= 0.3 is 0 Å². The molecule has 8 nitrogen and oxygen atoms in total. The van der Waals surface area contributed by atoms with Crippen LogP contribution in [0, 0.1) is 17.0 Å². The maximum absolute atomic E-state index is 11.4. The molecule has 0 N–H and O–H groups in total. The average molecular weight is 497 g/mol. The van der Waals surface area contributed by atoms with Crippen LogP contribution in [0.4, 0.5) is 0 Å². The van der Waals surface area contributed by atoms with Gasteiger partial charge < -0.3 is 9.47 Å². The molecule has 3 rings (SSSR count). The molecule has 0 radical (unpaired) electrons. The Morgan fingerprint density at radius 2 is 1.72 bits per heavy atom. The zero-order chi connectivity index (χ0) is 23.3. The summed E-state index contributed by atoms with van der Waals surface area (Å²) in [6.45, 7) is 6.18. The molecule has 0 aliphatic carbocycles. The largest absolute Gasteiger partial charge is 0.494 e. The summed E-state index contributed by atoms with van der Waals surface area (Å²) in [4.78, 5) is 11.0. The highest BCUT2D eigenvalue weighted by Gasteiger charge is 2.25. The fraction of sp³-hybridized carbons (Fsp3) is 0.333. The summed E-state index contributed by atoms with van der Waals surface area (Å²) in [6, 6.07) is 10.8. The van der Waals surface area contributed by atoms with Crippen LogP contribution in [0.25, 0.3) is 5.69 Å². The number of halogens is 2. The highest BCUT2D eigenvalue weighted by Crippen LogP contribution is 2.41. The van der Waals surface area contributed by atoms with Crippen molar-refractivity contribution in [3.05, 3.63) is 67.9 Å². The SMILES string of the molecule is CCOc1ccc(-n2c(C)nnc2S[C@@H](C[N+](=O)[O-])c2cc(Cl)c(OCC)c(Cl)c2)cc1. The van der Waals surface area contributed by atoms with E-state index in [2.05, 4.69) is 10.2 Å². The van der Waals surface area contributed by atoms with E-state index in [4.69, 9.17) is 32.7 Å². The minimum absolute atomic E-state index is 0.299. The number of nitrogens with zero attached hydrogens (tertiary/aromatic N) is 4. The summed E-state index contributed by atoms with van der Waals surface area (Å²) in [5.41, 5.74) is 1.42. The second-order valence-electron chi connectivity index (χ2n) is 6.66. The molecule has 1 heterocycles. The summed E-state index contributed by atoms with van der Waals surface area (Å²) >= 11 is 13.9. The Kier molecular flexibility index (Phi) is 8.22. The highest BCUT2D eigenvalue weighted by atomic mass is 35.5. The van der Waals surface area contributed by atoms with Gasteiger partial charge in [-0.05, 0) is 62.7 Å². The lowest BCUT2D eigenvalue weighted by Crippen LogP contribution is -2.11. The fourth-order valence-corrected chi connectivity index (χ4v) is 4.86. The quantitative estimate of drug-likeness (QED) is 0.199. The molecule has 0 aliphatic heterocycles. The van der Waals surface area contributed by atoms with Crippen LogP contribution in [0.5, 0.6) is 11.5 Å². The van der Waals surface area contributed by atoms with Crippen molar-refractivity contribution in [2.45, 2.75) is 31.2 Å². The van der Waals surface area contributed by atoms with Crippen molar-refractivity contribution in [3.8, 4) is 17.2 Å². The van der Waals surface area contributed by atoms with Crippen molar-refractivity contribution in [1.29, 1.82) is 0 Å². The van der Waals surface area contributed by atoms with Crippen molar-refractivity contribution in [3.63, 3.8) is 0 Å². The van der Waals surface area contributed by atoms with Gasteiger partial charge in [0.1, 0.15) is 16.8 Å². The van der Waals surface area contributed by atoms with E-state index in [1.54, 1.807) is 12.1 Å². The van der Waals surface area contributed by atoms with Gasteiger partial charge in [-0.15, -0.1) is 10.2 Å². The lowest BCUT2D eigenvalue weighted by Gasteiger charge is -2.16. The normalized spacial score (nSPS) is 11.9. The zero-order valence-electron chi connectivity index (χ0n) is 17.7. The summed E-state index contributed by atoms with van der Waals surface area (Å²) in [5.74, 6) is 1.76. The number of benzene rings is 2. The van der Waals surface area contributed by atoms with Crippen LogP contribution in [0.2, 0.25) is 10.0 Å². The molecule has 0 bridgehead atoms. The maximum Gasteiger partial charge on any atom is 0.220 e. The first-order chi connectivity index (χ1) is 15.3. The Hall–Kier alpha value is -2.49. The minimum Gasteiger partial charge on any atom is -0.494 e. The van der Waals surface area contributed by atoms with E-state index in [0.29, 0.717) is 45.6 Å². The third-order valence-corrected chi connectivity index (χ3v) is 6.19. The molecular weight excluding hydrogens is 475 g/mol. The van der Waals surface area contributed by atoms with Gasteiger partial charge in [0.15, 0.2) is 10.9 Å². The van der Waals surface area contributed by atoms with Crippen molar-refractivity contribution in [2.24, 2.45) is 0 Å². The van der Waals surface area contributed by atoms with E-state index in [-0.39, 0.29) is 11.5 Å². The third-order valence-electron chi connectivity index (χ3n) is 4.44. The molecule has 0 fully saturated rings. The van der Waals surface area contributed by atoms with Gasteiger partial charge in [0.2, 0.25) is 6.54 Å². The predicted molar refractivity (Wildman–Crippen MR) is 125 cm³/mol. The molecule has 0 unspecified atom stereocenters. The monoisotopic (exact) mass is 496 g/mol. The molecule has 2 aromatic carbocycles. The Bertz CT molecular complexity index is 1070. The van der Waals surface area contributed by atoms with Crippen molar-refractivity contribution >= 4 is 35.0 Å². The van der Waals surface area contributed by atoms with Crippen LogP contribution < -0.4 is 9.47 Å². The molecule has 0 saturated heterocycles. The fourth-order valence-electron chi connectivity index (χ4n) is 3.10. The average Bonchev–Trinajstić information content (AvgIpc) is 3.10. The Morgan fingerprint density at radius 3 is 2.28 bits per heavy atom. The van der Waals surface area contributed by atoms with Gasteiger partial charge in [0, 0.05) is 10.6 Å². The van der Waals surface area contributed by atoms with Crippen LogP contribution in [0.1, 0.15) is 30.5 Å². The number of ether oxygens (including phenoxy) is 2. The highest BCUT2D eigenvalue weighted by molar-refractivity contribution is 7.99. The van der Waals surface area contributed by atoms with Gasteiger partial charge in [-0.2, -0.15) is 0 Å². The maximum atomic E-state index is 11.4. The van der Waals surface area contributed by atoms with Crippen LogP contribution in [-0.4, -0.2) is 39.4 Å². The summed E-state index contributed by atoms with van der Waals surface area (Å²) in [5, 5.41) is 20.3. The number of aromatic nitrogens is 3. The minimum atomic E-state index is -0.597. The van der Waals surface area contributed by atoms with Gasteiger partial charge in [-0.1, -0.05) is 35.0 Å². The van der Waals surface area contributed by atoms with E-state index >= 15 is 0 Å². The van der Waals surface area contributed by atoms with E-state index < -0.39 is 5.25 Å². The number of rotatable bonds is 10. The molecule has 0 saturated carbocycles. The van der Waals surface area contributed by atoms with Crippen LogP contribution in [0.3, 0.4) is 0 Å². The second-order valence-corrected chi connectivity index (χ2v) is 8.64. The molecule has 1 aromatic heterocycles. The number of hydrogen-bond donors (Lipinski definition) is 0. The molecule has 170 valence electrons. The molecular formula is C21H22Cl2N4O4S. The zero-order valence-corrected chi connectivity index (χ0v) is 20.1. The van der Waals surface area contributed by atoms with E-state index in [1.807, 2.05) is 49.6 Å². The number of aryl methyl sites for hydroxylation is 1. The van der Waals surface area contributed by atoms with Gasteiger partial charge in [-0.25, -0.2) is 0 Å². The molecule has 11 heteroatoms. The van der Waals surface area contributed by atoms with Crippen LogP contribution in [0.15, 0.2) is 41.6 Å².